The molecule has 0 unspecified atom stereocenters. The van der Waals surface area contributed by atoms with Gasteiger partial charge in [-0.1, -0.05) is 11.6 Å². The highest BCUT2D eigenvalue weighted by molar-refractivity contribution is 6.32. The molecule has 1 N–H and O–H groups in total. The fraction of sp³-hybridized carbons (Fsp3) is 0.0714. The van der Waals surface area contributed by atoms with Gasteiger partial charge in [0.15, 0.2) is 0 Å². The van der Waals surface area contributed by atoms with Gasteiger partial charge in [-0.05, 0) is 52.9 Å². The lowest BCUT2D eigenvalue weighted by Crippen LogP contribution is -2.15. The Morgan fingerprint density at radius 1 is 1.12 bits per heavy atom. The monoisotopic (exact) mass is 356 g/mol. The van der Waals surface area contributed by atoms with Crippen LogP contribution in [0.2, 0.25) is 5.02 Å². The molecule has 1 aromatic heterocycles. The van der Waals surface area contributed by atoms with E-state index in [4.69, 9.17) is 16.3 Å². The van der Waals surface area contributed by atoms with Gasteiger partial charge in [-0.25, -0.2) is 9.89 Å². The second kappa shape index (κ2) is 6.00. The molecule has 0 spiro atoms. The van der Waals surface area contributed by atoms with Crippen LogP contribution in [0.25, 0.3) is 5.69 Å². The first kappa shape index (κ1) is 16.1. The summed E-state index contributed by atoms with van der Waals surface area (Å²) < 4.78 is 44.3. The number of rotatable bonds is 3. The van der Waals surface area contributed by atoms with Gasteiger partial charge in [0.2, 0.25) is 0 Å². The van der Waals surface area contributed by atoms with Crippen LogP contribution in [0.1, 0.15) is 5.56 Å². The third kappa shape index (κ3) is 3.25. The predicted octanol–water partition coefficient (Wildman–Crippen LogP) is 3.42. The highest BCUT2D eigenvalue weighted by Crippen LogP contribution is 2.36. The van der Waals surface area contributed by atoms with Crippen molar-refractivity contribution in [1.29, 1.82) is 0 Å². The first-order valence-electron chi connectivity index (χ1n) is 6.50. The summed E-state index contributed by atoms with van der Waals surface area (Å²) in [5.74, 6) is 0.410. The van der Waals surface area contributed by atoms with Crippen molar-refractivity contribution < 1.29 is 17.9 Å². The van der Waals surface area contributed by atoms with Gasteiger partial charge < -0.3 is 4.74 Å². The fourth-order valence-corrected chi connectivity index (χ4v) is 2.13. The summed E-state index contributed by atoms with van der Waals surface area (Å²) in [5.41, 5.74) is -0.922. The van der Waals surface area contributed by atoms with Gasteiger partial charge in [0.25, 0.3) is 0 Å². The average Bonchev–Trinajstić information content (AvgIpc) is 2.95. The number of nitrogens with one attached hydrogen (secondary N) is 1. The molecule has 3 rings (SSSR count). The van der Waals surface area contributed by atoms with Crippen LogP contribution in [-0.2, 0) is 6.18 Å². The molecule has 0 amide bonds. The van der Waals surface area contributed by atoms with Gasteiger partial charge in [0.1, 0.15) is 11.5 Å². The smallest absolute Gasteiger partial charge is 0.416 e. The number of halogens is 4. The lowest BCUT2D eigenvalue weighted by Gasteiger charge is -2.11. The number of aromatic nitrogens is 4. The molecule has 0 aliphatic carbocycles. The largest absolute Gasteiger partial charge is 0.456 e. The van der Waals surface area contributed by atoms with Crippen molar-refractivity contribution in [3.05, 3.63) is 63.5 Å². The lowest BCUT2D eigenvalue weighted by atomic mass is 10.2. The van der Waals surface area contributed by atoms with E-state index in [0.717, 1.165) is 22.9 Å². The Morgan fingerprint density at radius 2 is 1.83 bits per heavy atom. The first-order chi connectivity index (χ1) is 11.3. The summed E-state index contributed by atoms with van der Waals surface area (Å²) in [6.45, 7) is 0. The molecule has 1 heterocycles. The van der Waals surface area contributed by atoms with Gasteiger partial charge >= 0.3 is 11.9 Å². The minimum absolute atomic E-state index is 0.0796. The number of benzene rings is 2. The van der Waals surface area contributed by atoms with E-state index in [-0.39, 0.29) is 10.8 Å². The maximum atomic E-state index is 12.6. The van der Waals surface area contributed by atoms with Gasteiger partial charge in [-0.15, -0.1) is 0 Å². The topological polar surface area (TPSA) is 72.8 Å². The number of aromatic amines is 1. The van der Waals surface area contributed by atoms with Crippen LogP contribution in [0.15, 0.2) is 47.3 Å². The summed E-state index contributed by atoms with van der Waals surface area (Å²) >= 11 is 5.83. The molecule has 0 aliphatic heterocycles. The van der Waals surface area contributed by atoms with Crippen molar-refractivity contribution in [3.8, 4) is 17.2 Å². The second-order valence-electron chi connectivity index (χ2n) is 4.66. The SMILES string of the molecule is O=c1[nH]nnn1-c1ccc(Oc2ccc(C(F)(F)F)cc2Cl)cc1. The van der Waals surface area contributed by atoms with E-state index in [2.05, 4.69) is 15.5 Å². The molecule has 124 valence electrons. The van der Waals surface area contributed by atoms with Crippen LogP contribution >= 0.6 is 11.6 Å². The molecule has 0 bridgehead atoms. The maximum absolute atomic E-state index is 12.6. The second-order valence-corrected chi connectivity index (χ2v) is 5.06. The highest BCUT2D eigenvalue weighted by atomic mass is 35.5. The minimum atomic E-state index is -4.48. The molecule has 0 saturated carbocycles. The molecule has 2 aromatic carbocycles. The van der Waals surface area contributed by atoms with Crippen molar-refractivity contribution in [2.24, 2.45) is 0 Å². The van der Waals surface area contributed by atoms with E-state index in [1.807, 2.05) is 0 Å². The summed E-state index contributed by atoms with van der Waals surface area (Å²) in [6, 6.07) is 8.93. The van der Waals surface area contributed by atoms with E-state index in [1.165, 1.54) is 24.3 Å². The number of hydrogen-bond acceptors (Lipinski definition) is 4. The van der Waals surface area contributed by atoms with Crippen molar-refractivity contribution in [1.82, 2.24) is 20.2 Å². The predicted molar refractivity (Wildman–Crippen MR) is 78.5 cm³/mol. The van der Waals surface area contributed by atoms with Gasteiger partial charge in [-0.3, -0.25) is 0 Å². The Labute approximate surface area is 137 Å². The highest BCUT2D eigenvalue weighted by Gasteiger charge is 2.31. The third-order valence-electron chi connectivity index (χ3n) is 3.04. The molecule has 0 fully saturated rings. The number of H-pyrrole nitrogens is 1. The van der Waals surface area contributed by atoms with Gasteiger partial charge in [0, 0.05) is 0 Å². The zero-order valence-corrected chi connectivity index (χ0v) is 12.5. The van der Waals surface area contributed by atoms with Crippen molar-refractivity contribution >= 4 is 11.6 Å². The van der Waals surface area contributed by atoms with E-state index in [9.17, 15) is 18.0 Å². The number of alkyl halides is 3. The Kier molecular flexibility index (Phi) is 4.02. The van der Waals surface area contributed by atoms with Crippen LogP contribution < -0.4 is 10.4 Å². The number of hydrogen-bond donors (Lipinski definition) is 1. The summed E-state index contributed by atoms with van der Waals surface area (Å²) in [4.78, 5) is 11.4. The molecule has 0 radical (unpaired) electrons. The van der Waals surface area contributed by atoms with Gasteiger partial charge in [0.05, 0.1) is 16.3 Å². The normalized spacial score (nSPS) is 11.5. The van der Waals surface area contributed by atoms with E-state index in [1.54, 1.807) is 0 Å². The first-order valence-corrected chi connectivity index (χ1v) is 6.88. The van der Waals surface area contributed by atoms with Crippen molar-refractivity contribution in [2.75, 3.05) is 0 Å². The molecule has 0 aliphatic rings. The standard InChI is InChI=1S/C14H8ClF3N4O2/c15-11-7-8(14(16,17)18)1-6-12(11)24-10-4-2-9(3-5-10)22-13(23)19-20-21-22/h1-7H,(H,19,21,23). The molecule has 0 saturated heterocycles. The van der Waals surface area contributed by atoms with E-state index in [0.29, 0.717) is 11.4 Å². The summed E-state index contributed by atoms with van der Waals surface area (Å²) in [6.07, 6.45) is -4.48. The Bertz CT molecular complexity index is 919. The van der Waals surface area contributed by atoms with Crippen LogP contribution in [0.4, 0.5) is 13.2 Å². The maximum Gasteiger partial charge on any atom is 0.416 e. The Balaban J connectivity index is 1.82. The van der Waals surface area contributed by atoms with Crippen LogP contribution in [-0.4, -0.2) is 20.2 Å². The molecule has 3 aromatic rings. The quantitative estimate of drug-likeness (QED) is 0.780. The Hall–Kier alpha value is -2.81. The minimum Gasteiger partial charge on any atom is -0.456 e. The summed E-state index contributed by atoms with van der Waals surface area (Å²) in [7, 11) is 0. The van der Waals surface area contributed by atoms with E-state index >= 15 is 0 Å². The van der Waals surface area contributed by atoms with Crippen molar-refractivity contribution in [3.63, 3.8) is 0 Å². The summed E-state index contributed by atoms with van der Waals surface area (Å²) in [5, 5.41) is 8.93. The zero-order chi connectivity index (χ0) is 17.3. The van der Waals surface area contributed by atoms with Crippen LogP contribution in [0.5, 0.6) is 11.5 Å². The number of nitrogens with zero attached hydrogens (tertiary/aromatic N) is 3. The average molecular weight is 357 g/mol. The fourth-order valence-electron chi connectivity index (χ4n) is 1.91. The number of tetrazole rings is 1. The number of ether oxygens (including phenoxy) is 1. The van der Waals surface area contributed by atoms with Crippen molar-refractivity contribution in [2.45, 2.75) is 6.18 Å². The lowest BCUT2D eigenvalue weighted by molar-refractivity contribution is -0.137. The molecule has 24 heavy (non-hydrogen) atoms. The Morgan fingerprint density at radius 3 is 2.38 bits per heavy atom. The zero-order valence-electron chi connectivity index (χ0n) is 11.7. The molecule has 0 atom stereocenters. The third-order valence-corrected chi connectivity index (χ3v) is 3.34. The molecule has 10 heteroatoms. The molecular weight excluding hydrogens is 349 g/mol. The van der Waals surface area contributed by atoms with E-state index < -0.39 is 17.4 Å². The van der Waals surface area contributed by atoms with Crippen LogP contribution in [0, 0.1) is 0 Å². The van der Waals surface area contributed by atoms with Gasteiger partial charge in [-0.2, -0.15) is 17.9 Å². The molecule has 6 nitrogen and oxygen atoms in total. The van der Waals surface area contributed by atoms with Crippen LogP contribution in [0.3, 0.4) is 0 Å². The molecular formula is C14H8ClF3N4O2.